The molecule has 1 aliphatic rings. The fourth-order valence-corrected chi connectivity index (χ4v) is 5.76. The zero-order valence-corrected chi connectivity index (χ0v) is 21.4. The van der Waals surface area contributed by atoms with Gasteiger partial charge in [0.15, 0.2) is 12.3 Å². The van der Waals surface area contributed by atoms with Crippen LogP contribution in [-0.4, -0.2) is 43.1 Å². The summed E-state index contributed by atoms with van der Waals surface area (Å²) in [5, 5.41) is 18.4. The Balaban J connectivity index is 1.47. The van der Waals surface area contributed by atoms with Gasteiger partial charge in [0.25, 0.3) is 0 Å². The molecular weight excluding hydrogens is 472 g/mol. The van der Waals surface area contributed by atoms with Crippen LogP contribution in [0.3, 0.4) is 0 Å². The summed E-state index contributed by atoms with van der Waals surface area (Å²) >= 11 is 0. The van der Waals surface area contributed by atoms with E-state index in [1.165, 1.54) is 16.8 Å². The molecule has 8 heteroatoms. The van der Waals surface area contributed by atoms with Crippen LogP contribution in [0.25, 0.3) is 22.1 Å². The Morgan fingerprint density at radius 3 is 1.58 bits per heavy atom. The summed E-state index contributed by atoms with van der Waals surface area (Å²) < 4.78 is 4.07. The maximum atomic E-state index is 4.67. The summed E-state index contributed by atoms with van der Waals surface area (Å²) in [7, 11) is 0. The van der Waals surface area contributed by atoms with E-state index in [1.54, 1.807) is 0 Å². The molecule has 7 rings (SSSR count). The minimum absolute atomic E-state index is 0.217. The summed E-state index contributed by atoms with van der Waals surface area (Å²) in [5.74, 6) is 0. The minimum atomic E-state index is -0.217. The molecule has 8 nitrogen and oxygen atoms in total. The van der Waals surface area contributed by atoms with Crippen LogP contribution in [0.15, 0.2) is 97.1 Å². The molecular formula is C30H28N8. The second-order valence-corrected chi connectivity index (χ2v) is 9.52. The van der Waals surface area contributed by atoms with Crippen molar-refractivity contribution in [1.82, 2.24) is 30.0 Å². The monoisotopic (exact) mass is 500 g/mol. The molecule has 38 heavy (non-hydrogen) atoms. The molecule has 3 heterocycles. The van der Waals surface area contributed by atoms with Crippen molar-refractivity contribution in [2.24, 2.45) is 0 Å². The maximum Gasteiger partial charge on any atom is 0.153 e. The fourth-order valence-electron chi connectivity index (χ4n) is 5.76. The van der Waals surface area contributed by atoms with Crippen LogP contribution >= 0.6 is 0 Å². The number of hydrogen-bond donors (Lipinski definition) is 0. The van der Waals surface area contributed by atoms with Crippen molar-refractivity contribution in [3.63, 3.8) is 0 Å². The normalized spacial score (nSPS) is 16.8. The number of rotatable bonds is 6. The summed E-state index contributed by atoms with van der Waals surface area (Å²) in [4.78, 5) is 4.74. The van der Waals surface area contributed by atoms with Gasteiger partial charge in [-0.3, -0.25) is 0 Å². The molecule has 0 amide bonds. The highest BCUT2D eigenvalue weighted by molar-refractivity contribution is 5.77. The van der Waals surface area contributed by atoms with Crippen LogP contribution in [-0.2, 0) is 0 Å². The molecule has 0 radical (unpaired) electrons. The lowest BCUT2D eigenvalue weighted by molar-refractivity contribution is 0.436. The quantitative estimate of drug-likeness (QED) is 0.295. The highest BCUT2D eigenvalue weighted by atomic mass is 15.6. The molecule has 6 aromatic rings. The van der Waals surface area contributed by atoms with Crippen molar-refractivity contribution in [2.45, 2.75) is 26.2 Å². The standard InChI is InChI=1S/C30H28N8/c1-3-35(4-2)21-17-19-22(20-18-21)36-29(37-27-15-9-7-13-25(27)31-33-37)23-11-5-6-12-24(23)30(36)38-28-16-10-8-14-26(28)32-34-38/h5-20,29-30H,3-4H2,1-2H3. The van der Waals surface area contributed by atoms with Crippen LogP contribution in [0.4, 0.5) is 11.4 Å². The number of aromatic nitrogens is 6. The molecule has 0 fully saturated rings. The number of fused-ring (bicyclic) bond motifs is 3. The third-order valence-electron chi connectivity index (χ3n) is 7.57. The highest BCUT2D eigenvalue weighted by Gasteiger charge is 2.43. The van der Waals surface area contributed by atoms with E-state index < -0.39 is 0 Å². The first-order chi connectivity index (χ1) is 18.8. The van der Waals surface area contributed by atoms with Gasteiger partial charge < -0.3 is 9.80 Å². The first-order valence-corrected chi connectivity index (χ1v) is 13.1. The molecule has 2 aromatic heterocycles. The van der Waals surface area contributed by atoms with Gasteiger partial charge in [-0.15, -0.1) is 10.2 Å². The topological polar surface area (TPSA) is 67.9 Å². The third-order valence-corrected chi connectivity index (χ3v) is 7.57. The van der Waals surface area contributed by atoms with Gasteiger partial charge in [-0.1, -0.05) is 59.0 Å². The van der Waals surface area contributed by atoms with Crippen LogP contribution in [0.1, 0.15) is 37.3 Å². The molecule has 0 saturated heterocycles. The molecule has 1 aliphatic heterocycles. The molecule has 2 unspecified atom stereocenters. The molecule has 0 bridgehead atoms. The van der Waals surface area contributed by atoms with Crippen molar-refractivity contribution in [1.29, 1.82) is 0 Å². The molecule has 0 saturated carbocycles. The van der Waals surface area contributed by atoms with Crippen molar-refractivity contribution < 1.29 is 0 Å². The van der Waals surface area contributed by atoms with Crippen LogP contribution < -0.4 is 9.80 Å². The van der Waals surface area contributed by atoms with E-state index in [0.717, 1.165) is 40.8 Å². The first-order valence-electron chi connectivity index (χ1n) is 13.1. The van der Waals surface area contributed by atoms with Crippen LogP contribution in [0.5, 0.6) is 0 Å². The Morgan fingerprint density at radius 1 is 0.605 bits per heavy atom. The molecule has 188 valence electrons. The molecule has 2 atom stereocenters. The predicted octanol–water partition coefficient (Wildman–Crippen LogP) is 5.64. The Hall–Kier alpha value is -4.72. The number of hydrogen-bond acceptors (Lipinski definition) is 6. The summed E-state index contributed by atoms with van der Waals surface area (Å²) in [5.41, 5.74) is 8.34. The van der Waals surface area contributed by atoms with Crippen LogP contribution in [0.2, 0.25) is 0 Å². The van der Waals surface area contributed by atoms with Gasteiger partial charge in [-0.25, -0.2) is 9.36 Å². The van der Waals surface area contributed by atoms with Crippen molar-refractivity contribution >= 4 is 33.4 Å². The van der Waals surface area contributed by atoms with E-state index in [9.17, 15) is 0 Å². The van der Waals surface area contributed by atoms with Gasteiger partial charge in [0.1, 0.15) is 11.0 Å². The zero-order chi connectivity index (χ0) is 25.6. The predicted molar refractivity (Wildman–Crippen MR) is 150 cm³/mol. The number of anilines is 2. The lowest BCUT2D eigenvalue weighted by Crippen LogP contribution is -2.35. The van der Waals surface area contributed by atoms with Crippen molar-refractivity contribution in [3.05, 3.63) is 108 Å². The van der Waals surface area contributed by atoms with Gasteiger partial charge in [0, 0.05) is 35.6 Å². The largest absolute Gasteiger partial charge is 0.372 e. The maximum absolute atomic E-state index is 4.67. The average Bonchev–Trinajstić information content (AvgIpc) is 3.67. The average molecular weight is 501 g/mol. The Bertz CT molecular complexity index is 1630. The van der Waals surface area contributed by atoms with Gasteiger partial charge in [-0.05, 0) is 62.4 Å². The van der Waals surface area contributed by atoms with Gasteiger partial charge in [-0.2, -0.15) is 0 Å². The molecule has 0 aliphatic carbocycles. The Morgan fingerprint density at radius 2 is 1.08 bits per heavy atom. The second kappa shape index (κ2) is 8.99. The zero-order valence-electron chi connectivity index (χ0n) is 21.4. The summed E-state index contributed by atoms with van der Waals surface area (Å²) in [6.45, 7) is 6.30. The number of nitrogens with zero attached hydrogens (tertiary/aromatic N) is 8. The fraction of sp³-hybridized carbons (Fsp3) is 0.200. The van der Waals surface area contributed by atoms with E-state index >= 15 is 0 Å². The number of benzene rings is 4. The van der Waals surface area contributed by atoms with E-state index in [-0.39, 0.29) is 12.3 Å². The van der Waals surface area contributed by atoms with Gasteiger partial charge >= 0.3 is 0 Å². The Kier molecular flexibility index (Phi) is 5.32. The van der Waals surface area contributed by atoms with Gasteiger partial charge in [0.2, 0.25) is 0 Å². The lowest BCUT2D eigenvalue weighted by Gasteiger charge is -2.33. The van der Waals surface area contributed by atoms with E-state index in [1.807, 2.05) is 45.8 Å². The van der Waals surface area contributed by atoms with Crippen molar-refractivity contribution in [2.75, 3.05) is 22.9 Å². The van der Waals surface area contributed by atoms with E-state index in [2.05, 4.69) is 105 Å². The summed E-state index contributed by atoms with van der Waals surface area (Å²) in [6, 6.07) is 33.6. The van der Waals surface area contributed by atoms with Crippen molar-refractivity contribution in [3.8, 4) is 0 Å². The third kappa shape index (κ3) is 3.37. The first kappa shape index (κ1) is 22.5. The highest BCUT2D eigenvalue weighted by Crippen LogP contribution is 2.47. The smallest absolute Gasteiger partial charge is 0.153 e. The summed E-state index contributed by atoms with van der Waals surface area (Å²) in [6.07, 6.45) is -0.434. The number of para-hydroxylation sites is 2. The van der Waals surface area contributed by atoms with Crippen LogP contribution in [0, 0.1) is 0 Å². The molecule has 4 aromatic carbocycles. The van der Waals surface area contributed by atoms with Gasteiger partial charge in [0.05, 0.1) is 11.0 Å². The minimum Gasteiger partial charge on any atom is -0.372 e. The Labute approximate surface area is 220 Å². The van der Waals surface area contributed by atoms with E-state index in [4.69, 9.17) is 0 Å². The second-order valence-electron chi connectivity index (χ2n) is 9.52. The molecule has 0 N–H and O–H groups in total. The van der Waals surface area contributed by atoms with E-state index in [0.29, 0.717) is 0 Å². The SMILES string of the molecule is CCN(CC)c1ccc(N2C(n3nnc4ccccc43)c3ccccc3C2n2nnc3ccccc32)cc1. The lowest BCUT2D eigenvalue weighted by atomic mass is 10.1. The molecule has 0 spiro atoms.